The van der Waals surface area contributed by atoms with Gasteiger partial charge in [0, 0.05) is 19.3 Å². The van der Waals surface area contributed by atoms with Crippen LogP contribution >= 0.6 is 11.3 Å². The Hall–Kier alpha value is -3.24. The van der Waals surface area contributed by atoms with Gasteiger partial charge in [-0.05, 0) is 51.5 Å². The highest BCUT2D eigenvalue weighted by atomic mass is 32.1. The molecule has 0 spiro atoms. The van der Waals surface area contributed by atoms with E-state index < -0.39 is 0 Å². The Bertz CT molecular complexity index is 1150. The zero-order valence-corrected chi connectivity index (χ0v) is 22.1. The van der Waals surface area contributed by atoms with Crippen molar-refractivity contribution >= 4 is 33.3 Å². The Morgan fingerprint density at radius 2 is 1.86 bits per heavy atom. The summed E-state index contributed by atoms with van der Waals surface area (Å²) in [6.45, 7) is 6.91. The third kappa shape index (κ3) is 6.92. The Morgan fingerprint density at radius 3 is 2.47 bits per heavy atom. The van der Waals surface area contributed by atoms with Crippen molar-refractivity contribution in [2.75, 3.05) is 23.8 Å². The third-order valence-corrected chi connectivity index (χ3v) is 7.31. The smallest absolute Gasteiger partial charge is 0.225 e. The van der Waals surface area contributed by atoms with Crippen LogP contribution in [0.4, 0.5) is 11.8 Å². The van der Waals surface area contributed by atoms with Crippen LogP contribution in [0, 0.1) is 45.5 Å². The lowest BCUT2D eigenvalue weighted by Crippen LogP contribution is -2.29. The number of aryl methyl sites for hydroxylation is 2. The molecule has 9 heteroatoms. The quantitative estimate of drug-likeness (QED) is 0.314. The molecule has 3 atom stereocenters. The minimum Gasteiger partial charge on any atom is -0.396 e. The molecular formula is C27H36N6O2S. The maximum absolute atomic E-state index is 10.2. The molecule has 0 unspecified atom stereocenters. The van der Waals surface area contributed by atoms with Gasteiger partial charge in [0.25, 0.3) is 0 Å². The van der Waals surface area contributed by atoms with E-state index in [4.69, 9.17) is 15.0 Å². The second kappa shape index (κ2) is 14.4. The molecule has 3 heterocycles. The fourth-order valence-corrected chi connectivity index (χ4v) is 5.31. The van der Waals surface area contributed by atoms with Crippen LogP contribution in [-0.2, 0) is 0 Å². The van der Waals surface area contributed by atoms with E-state index in [0.29, 0.717) is 12.5 Å². The number of pyridine rings is 1. The summed E-state index contributed by atoms with van der Waals surface area (Å²) in [6, 6.07) is 1.96. The maximum atomic E-state index is 10.2. The van der Waals surface area contributed by atoms with Gasteiger partial charge in [0.05, 0.1) is 33.8 Å². The lowest BCUT2D eigenvalue weighted by Gasteiger charge is -2.19. The first-order valence-electron chi connectivity index (χ1n) is 12.1. The highest BCUT2D eigenvalue weighted by molar-refractivity contribution is 7.21. The summed E-state index contributed by atoms with van der Waals surface area (Å²) in [5.41, 5.74) is 3.53. The first kappa shape index (κ1) is 29.0. The minimum atomic E-state index is -0.371. The maximum Gasteiger partial charge on any atom is 0.225 e. The van der Waals surface area contributed by atoms with Crippen molar-refractivity contribution in [3.8, 4) is 36.3 Å². The number of anilines is 2. The number of fused-ring (bicyclic) bond motifs is 1. The Kier molecular flexibility index (Phi) is 11.6. The average molecular weight is 509 g/mol. The molecule has 3 aromatic rings. The first-order chi connectivity index (χ1) is 17.5. The number of nitrogens with zero attached hydrogens (tertiary/aromatic N) is 4. The van der Waals surface area contributed by atoms with E-state index in [1.54, 1.807) is 11.3 Å². The molecular weight excluding hydrogens is 472 g/mol. The molecule has 0 aromatic carbocycles. The SMILES string of the molecule is C#C.C#C.CC[C@H](CO)CCNc1nc(N[C@H]2CCC[C@H]2O)nc(C)c1-c1nc2c(C)nccc2s1. The van der Waals surface area contributed by atoms with Crippen LogP contribution in [0.25, 0.3) is 20.8 Å². The van der Waals surface area contributed by atoms with E-state index in [1.807, 2.05) is 26.1 Å². The number of aliphatic hydroxyl groups excluding tert-OH is 2. The van der Waals surface area contributed by atoms with Crippen molar-refractivity contribution in [2.24, 2.45) is 5.92 Å². The zero-order valence-electron chi connectivity index (χ0n) is 21.2. The molecule has 1 saturated carbocycles. The van der Waals surface area contributed by atoms with Crippen molar-refractivity contribution in [3.63, 3.8) is 0 Å². The van der Waals surface area contributed by atoms with Gasteiger partial charge in [-0.2, -0.15) is 4.98 Å². The van der Waals surface area contributed by atoms with E-state index in [-0.39, 0.29) is 24.7 Å². The molecule has 0 radical (unpaired) electrons. The van der Waals surface area contributed by atoms with Gasteiger partial charge >= 0.3 is 0 Å². The van der Waals surface area contributed by atoms with Gasteiger partial charge in [-0.15, -0.1) is 37.0 Å². The van der Waals surface area contributed by atoms with Crippen LogP contribution < -0.4 is 10.6 Å². The van der Waals surface area contributed by atoms with Crippen molar-refractivity contribution in [1.29, 1.82) is 0 Å². The summed E-state index contributed by atoms with van der Waals surface area (Å²) >= 11 is 1.61. The van der Waals surface area contributed by atoms with Crippen LogP contribution in [0.3, 0.4) is 0 Å². The lowest BCUT2D eigenvalue weighted by atomic mass is 10.0. The highest BCUT2D eigenvalue weighted by Gasteiger charge is 2.27. The van der Waals surface area contributed by atoms with Gasteiger partial charge in [-0.3, -0.25) is 4.98 Å². The van der Waals surface area contributed by atoms with Gasteiger partial charge in [0.15, 0.2) is 0 Å². The molecule has 8 nitrogen and oxygen atoms in total. The zero-order chi connectivity index (χ0) is 26.7. The normalized spacial score (nSPS) is 17.4. The summed E-state index contributed by atoms with van der Waals surface area (Å²) < 4.78 is 1.08. The summed E-state index contributed by atoms with van der Waals surface area (Å²) in [4.78, 5) is 18.7. The van der Waals surface area contributed by atoms with E-state index in [9.17, 15) is 10.2 Å². The summed E-state index contributed by atoms with van der Waals surface area (Å²) in [5.74, 6) is 1.51. The number of hydrogen-bond donors (Lipinski definition) is 4. The molecule has 1 aliphatic rings. The van der Waals surface area contributed by atoms with E-state index in [0.717, 1.165) is 70.1 Å². The Morgan fingerprint density at radius 1 is 1.11 bits per heavy atom. The second-order valence-corrected chi connectivity index (χ2v) is 9.57. The molecule has 1 fully saturated rings. The van der Waals surface area contributed by atoms with E-state index >= 15 is 0 Å². The third-order valence-electron chi connectivity index (χ3n) is 6.27. The lowest BCUT2D eigenvalue weighted by molar-refractivity contribution is 0.171. The molecule has 4 N–H and O–H groups in total. The second-order valence-electron chi connectivity index (χ2n) is 8.54. The van der Waals surface area contributed by atoms with E-state index in [2.05, 4.69) is 48.2 Å². The fraction of sp³-hybridized carbons (Fsp3) is 0.481. The van der Waals surface area contributed by atoms with Crippen molar-refractivity contribution in [2.45, 2.75) is 65.0 Å². The molecule has 0 aliphatic heterocycles. The standard InChI is InChI=1S/C23H32N6O2S.2C2H2/c1-4-15(12-30)8-10-25-21-19(22-28-20-14(3)24-11-9-18(20)32-22)13(2)26-23(29-21)27-16-6-5-7-17(16)31;2*1-2/h9,11,15-17,30-31H,4-8,10,12H2,1-3H3,(H2,25,26,27,29);2*1-2H/t15-,16-,17+;;/m0../s1. The van der Waals surface area contributed by atoms with Gasteiger partial charge in [0.1, 0.15) is 16.3 Å². The molecule has 0 amide bonds. The Balaban J connectivity index is 0.00000109. The number of terminal acetylenes is 2. The predicted octanol–water partition coefficient (Wildman–Crippen LogP) is 4.41. The van der Waals surface area contributed by atoms with Gasteiger partial charge in [0.2, 0.25) is 5.95 Å². The predicted molar refractivity (Wildman–Crippen MR) is 149 cm³/mol. The van der Waals surface area contributed by atoms with Gasteiger partial charge in [-0.1, -0.05) is 13.3 Å². The van der Waals surface area contributed by atoms with Crippen LogP contribution in [-0.4, -0.2) is 55.4 Å². The first-order valence-corrected chi connectivity index (χ1v) is 12.9. The monoisotopic (exact) mass is 508 g/mol. The topological polar surface area (TPSA) is 116 Å². The number of thiazole rings is 1. The summed E-state index contributed by atoms with van der Waals surface area (Å²) in [7, 11) is 0. The molecule has 36 heavy (non-hydrogen) atoms. The summed E-state index contributed by atoms with van der Waals surface area (Å²) in [5, 5.41) is 27.4. The molecule has 0 saturated heterocycles. The minimum absolute atomic E-state index is 0.0249. The van der Waals surface area contributed by atoms with E-state index in [1.165, 1.54) is 0 Å². The van der Waals surface area contributed by atoms with Crippen molar-refractivity contribution in [1.82, 2.24) is 19.9 Å². The number of aliphatic hydroxyl groups is 2. The molecule has 0 bridgehead atoms. The van der Waals surface area contributed by atoms with Gasteiger partial charge < -0.3 is 20.8 Å². The summed E-state index contributed by atoms with van der Waals surface area (Å²) in [6.07, 6.45) is 21.9. The average Bonchev–Trinajstić information content (AvgIpc) is 3.51. The molecule has 1 aliphatic carbocycles. The van der Waals surface area contributed by atoms with Crippen molar-refractivity contribution in [3.05, 3.63) is 23.7 Å². The molecule has 192 valence electrons. The Labute approximate surface area is 218 Å². The van der Waals surface area contributed by atoms with Crippen LogP contribution in [0.5, 0.6) is 0 Å². The fourth-order valence-electron chi connectivity index (χ4n) is 4.20. The highest BCUT2D eigenvalue weighted by Crippen LogP contribution is 2.37. The van der Waals surface area contributed by atoms with Crippen LogP contribution in [0.2, 0.25) is 0 Å². The number of aromatic nitrogens is 4. The number of nitrogens with one attached hydrogen (secondary N) is 2. The molecule has 3 aromatic heterocycles. The van der Waals surface area contributed by atoms with Crippen molar-refractivity contribution < 1.29 is 10.2 Å². The van der Waals surface area contributed by atoms with Crippen LogP contribution in [0.15, 0.2) is 12.3 Å². The number of rotatable bonds is 9. The molecule has 4 rings (SSSR count). The van der Waals surface area contributed by atoms with Gasteiger partial charge in [-0.25, -0.2) is 9.97 Å². The number of hydrogen-bond acceptors (Lipinski definition) is 9. The van der Waals surface area contributed by atoms with Crippen LogP contribution in [0.1, 0.15) is 50.4 Å². The largest absolute Gasteiger partial charge is 0.396 e.